The Kier molecular flexibility index (Phi) is 5.70. The highest BCUT2D eigenvalue weighted by atomic mass is 19.4. The zero-order valence-corrected chi connectivity index (χ0v) is 16.9. The van der Waals surface area contributed by atoms with Crippen molar-refractivity contribution < 1.29 is 40.9 Å². The number of phenols is 1. The van der Waals surface area contributed by atoms with Gasteiger partial charge in [-0.2, -0.15) is 26.3 Å². The van der Waals surface area contributed by atoms with Crippen LogP contribution in [0.5, 0.6) is 5.75 Å². The van der Waals surface area contributed by atoms with E-state index in [0.29, 0.717) is 6.07 Å². The first-order valence-electron chi connectivity index (χ1n) is 9.35. The highest BCUT2D eigenvalue weighted by Crippen LogP contribution is 2.45. The fourth-order valence-corrected chi connectivity index (χ4v) is 3.80. The van der Waals surface area contributed by atoms with Crippen molar-refractivity contribution in [2.45, 2.75) is 50.1 Å². The third-order valence-electron chi connectivity index (χ3n) is 5.28. The van der Waals surface area contributed by atoms with E-state index < -0.39 is 53.5 Å². The maximum absolute atomic E-state index is 13.9. The number of fused-ring (bicyclic) bond motifs is 1. The van der Waals surface area contributed by atoms with E-state index in [1.54, 1.807) is 0 Å². The molecule has 0 saturated carbocycles. The van der Waals surface area contributed by atoms with E-state index in [2.05, 4.69) is 9.97 Å². The van der Waals surface area contributed by atoms with E-state index >= 15 is 0 Å². The van der Waals surface area contributed by atoms with E-state index in [1.165, 1.54) is 13.8 Å². The van der Waals surface area contributed by atoms with Gasteiger partial charge in [-0.15, -0.1) is 0 Å². The summed E-state index contributed by atoms with van der Waals surface area (Å²) in [4.78, 5) is 5.80. The first kappa shape index (κ1) is 23.8. The number of pyridine rings is 1. The number of aliphatic hydroxyl groups is 1. The number of rotatable bonds is 5. The summed E-state index contributed by atoms with van der Waals surface area (Å²) in [5, 5.41) is 20.6. The monoisotopic (exact) mass is 464 g/mol. The first-order valence-corrected chi connectivity index (χ1v) is 9.35. The van der Waals surface area contributed by atoms with Gasteiger partial charge in [0, 0.05) is 23.1 Å². The summed E-state index contributed by atoms with van der Waals surface area (Å²) >= 11 is 0. The fraction of sp³-hybridized carbons (Fsp3) is 0.381. The number of nitrogens with one attached hydrogen (secondary N) is 1. The van der Waals surface area contributed by atoms with Crippen LogP contribution in [0.3, 0.4) is 0 Å². The average Bonchev–Trinajstić information content (AvgIpc) is 3.02. The molecule has 2 heterocycles. The predicted octanol–water partition coefficient (Wildman–Crippen LogP) is 5.63. The Morgan fingerprint density at radius 1 is 1.00 bits per heavy atom. The molecular formula is C21H19F7N2O2. The lowest BCUT2D eigenvalue weighted by atomic mass is 9.73. The van der Waals surface area contributed by atoms with Gasteiger partial charge in [0.25, 0.3) is 0 Å². The van der Waals surface area contributed by atoms with E-state index in [1.807, 2.05) is 0 Å². The van der Waals surface area contributed by atoms with Crippen LogP contribution in [0, 0.1) is 5.82 Å². The van der Waals surface area contributed by atoms with Crippen LogP contribution in [0.4, 0.5) is 30.7 Å². The number of H-pyrrole nitrogens is 1. The fourth-order valence-electron chi connectivity index (χ4n) is 3.80. The maximum atomic E-state index is 13.9. The molecule has 3 rings (SSSR count). The topological polar surface area (TPSA) is 69.1 Å². The number of aromatic nitrogens is 2. The van der Waals surface area contributed by atoms with Crippen LogP contribution >= 0.6 is 0 Å². The molecule has 0 radical (unpaired) electrons. The van der Waals surface area contributed by atoms with E-state index in [4.69, 9.17) is 0 Å². The molecule has 3 aromatic rings. The van der Waals surface area contributed by atoms with E-state index in [0.717, 1.165) is 30.5 Å². The van der Waals surface area contributed by atoms with Gasteiger partial charge in [-0.25, -0.2) is 9.37 Å². The average molecular weight is 464 g/mol. The zero-order valence-electron chi connectivity index (χ0n) is 16.9. The number of benzene rings is 1. The van der Waals surface area contributed by atoms with Crippen LogP contribution in [0.2, 0.25) is 0 Å². The van der Waals surface area contributed by atoms with Gasteiger partial charge >= 0.3 is 12.4 Å². The van der Waals surface area contributed by atoms with Gasteiger partial charge in [-0.1, -0.05) is 13.8 Å². The van der Waals surface area contributed by atoms with Crippen LogP contribution < -0.4 is 0 Å². The Bertz CT molecular complexity index is 1140. The molecule has 0 saturated heterocycles. The highest BCUT2D eigenvalue weighted by Gasteiger charge is 2.56. The minimum absolute atomic E-state index is 0.0196. The van der Waals surface area contributed by atoms with Crippen molar-refractivity contribution in [2.75, 3.05) is 0 Å². The van der Waals surface area contributed by atoms with Crippen molar-refractivity contribution in [2.24, 2.45) is 0 Å². The molecule has 0 amide bonds. The minimum atomic E-state index is -5.14. The highest BCUT2D eigenvalue weighted by molar-refractivity contribution is 5.80. The summed E-state index contributed by atoms with van der Waals surface area (Å²) in [6, 6.07) is 4.60. The van der Waals surface area contributed by atoms with Gasteiger partial charge < -0.3 is 15.2 Å². The zero-order chi connectivity index (χ0) is 24.1. The van der Waals surface area contributed by atoms with Crippen molar-refractivity contribution in [3.8, 4) is 5.75 Å². The third-order valence-corrected chi connectivity index (χ3v) is 5.28. The molecule has 1 aromatic carbocycles. The molecule has 0 spiro atoms. The minimum Gasteiger partial charge on any atom is -0.508 e. The molecule has 1 atom stereocenters. The van der Waals surface area contributed by atoms with Crippen molar-refractivity contribution >= 4 is 10.9 Å². The lowest BCUT2D eigenvalue weighted by Crippen LogP contribution is -2.50. The normalized spacial score (nSPS) is 15.2. The first-order chi connectivity index (χ1) is 14.5. The van der Waals surface area contributed by atoms with Crippen LogP contribution in [-0.2, 0) is 18.0 Å². The summed E-state index contributed by atoms with van der Waals surface area (Å²) in [7, 11) is 0. The predicted molar refractivity (Wildman–Crippen MR) is 102 cm³/mol. The summed E-state index contributed by atoms with van der Waals surface area (Å²) in [6.45, 7) is 2.62. The number of halogens is 7. The molecular weight excluding hydrogens is 445 g/mol. The quantitative estimate of drug-likeness (QED) is 0.429. The van der Waals surface area contributed by atoms with Crippen molar-refractivity contribution in [3.63, 3.8) is 0 Å². The summed E-state index contributed by atoms with van der Waals surface area (Å²) in [5.41, 5.74) is -6.29. The Hall–Kier alpha value is -2.82. The third kappa shape index (κ3) is 4.67. The summed E-state index contributed by atoms with van der Waals surface area (Å²) in [6.07, 6.45) is -11.0. The second kappa shape index (κ2) is 7.65. The van der Waals surface area contributed by atoms with Gasteiger partial charge in [-0.05, 0) is 42.2 Å². The lowest BCUT2D eigenvalue weighted by Gasteiger charge is -2.38. The molecule has 2 aromatic heterocycles. The summed E-state index contributed by atoms with van der Waals surface area (Å²) in [5.74, 6) is -1.21. The Balaban J connectivity index is 1.98. The number of phenolic OH excluding ortho intramolecular Hbond substituents is 1. The van der Waals surface area contributed by atoms with Gasteiger partial charge in [-0.3, -0.25) is 0 Å². The van der Waals surface area contributed by atoms with Crippen LogP contribution in [-0.4, -0.2) is 32.0 Å². The number of aromatic hydroxyl groups is 1. The van der Waals surface area contributed by atoms with Gasteiger partial charge in [0.2, 0.25) is 0 Å². The largest absolute Gasteiger partial charge is 0.508 e. The molecule has 0 aliphatic rings. The Morgan fingerprint density at radius 3 is 2.25 bits per heavy atom. The molecule has 3 N–H and O–H groups in total. The molecule has 1 unspecified atom stereocenters. The number of nitrogens with zero attached hydrogens (tertiary/aromatic N) is 1. The smallest absolute Gasteiger partial charge is 0.433 e. The number of alkyl halides is 6. The molecule has 32 heavy (non-hydrogen) atoms. The van der Waals surface area contributed by atoms with Gasteiger partial charge in [0.05, 0.1) is 11.7 Å². The van der Waals surface area contributed by atoms with Gasteiger partial charge in [0.1, 0.15) is 17.3 Å². The van der Waals surface area contributed by atoms with Crippen molar-refractivity contribution in [1.82, 2.24) is 9.97 Å². The molecule has 0 fully saturated rings. The second-order valence-electron chi connectivity index (χ2n) is 8.38. The number of hydrogen-bond donors (Lipinski definition) is 3. The molecule has 174 valence electrons. The number of aromatic amines is 1. The SMILES string of the molecule is CC(C)(CC(O)(Cc1cc2cc(C(F)(F)F)ncc2[nH]1)C(F)(F)F)c1cc(F)ccc1O. The standard InChI is InChI=1S/C21H19F7N2O2/c1-18(2,14-7-12(22)3-4-16(14)31)10-19(32,21(26,27)28)8-13-5-11-6-17(20(23,24)25)29-9-15(11)30-13/h3-7,9,30-32H,8,10H2,1-2H3. The molecule has 0 bridgehead atoms. The maximum Gasteiger partial charge on any atom is 0.433 e. The molecule has 4 nitrogen and oxygen atoms in total. The van der Waals surface area contributed by atoms with Crippen molar-refractivity contribution in [3.05, 3.63) is 59.3 Å². The second-order valence-corrected chi connectivity index (χ2v) is 8.38. The Labute approximate surface area is 177 Å². The molecule has 0 aliphatic heterocycles. The van der Waals surface area contributed by atoms with E-state index in [9.17, 15) is 40.9 Å². The molecule has 0 aliphatic carbocycles. The Morgan fingerprint density at radius 2 is 1.66 bits per heavy atom. The van der Waals surface area contributed by atoms with Crippen LogP contribution in [0.15, 0.2) is 36.5 Å². The lowest BCUT2D eigenvalue weighted by molar-refractivity contribution is -0.266. The van der Waals surface area contributed by atoms with Crippen molar-refractivity contribution in [1.29, 1.82) is 0 Å². The summed E-state index contributed by atoms with van der Waals surface area (Å²) < 4.78 is 94.0. The number of hydrogen-bond acceptors (Lipinski definition) is 3. The molecule has 11 heteroatoms. The van der Waals surface area contributed by atoms with E-state index in [-0.39, 0.29) is 22.2 Å². The van der Waals surface area contributed by atoms with Crippen LogP contribution in [0.25, 0.3) is 10.9 Å². The van der Waals surface area contributed by atoms with Gasteiger partial charge in [0.15, 0.2) is 5.60 Å². The van der Waals surface area contributed by atoms with Crippen LogP contribution in [0.1, 0.15) is 37.2 Å².